The molecule has 0 spiro atoms. The molecule has 1 rings (SSSR count). The quantitative estimate of drug-likeness (QED) is 0.581. The first kappa shape index (κ1) is 19.0. The molecule has 0 aromatic heterocycles. The standard InChI is InChI=1S/C16H26O2.C2H6/c1-4-18-12-8-6-5-7-9-15-13-14(2)10-11-16(15)17-3;1-2/h10-11,13H,4-9,12H2,1-3H3;1-2H3. The van der Waals surface area contributed by atoms with Crippen LogP contribution in [0, 0.1) is 6.92 Å². The van der Waals surface area contributed by atoms with Gasteiger partial charge in [-0.1, -0.05) is 44.4 Å². The summed E-state index contributed by atoms with van der Waals surface area (Å²) in [4.78, 5) is 0. The number of unbranched alkanes of at least 4 members (excludes halogenated alkanes) is 3. The van der Waals surface area contributed by atoms with Crippen molar-refractivity contribution < 1.29 is 9.47 Å². The van der Waals surface area contributed by atoms with Gasteiger partial charge < -0.3 is 9.47 Å². The molecule has 1 aromatic carbocycles. The van der Waals surface area contributed by atoms with E-state index in [-0.39, 0.29) is 0 Å². The van der Waals surface area contributed by atoms with Gasteiger partial charge in [-0.3, -0.25) is 0 Å². The van der Waals surface area contributed by atoms with Gasteiger partial charge in [0.1, 0.15) is 5.75 Å². The number of hydrogen-bond donors (Lipinski definition) is 0. The molecule has 0 heterocycles. The first-order valence-electron chi connectivity index (χ1n) is 7.99. The lowest BCUT2D eigenvalue weighted by atomic mass is 10.0. The van der Waals surface area contributed by atoms with Crippen molar-refractivity contribution >= 4 is 0 Å². The Labute approximate surface area is 125 Å². The van der Waals surface area contributed by atoms with Gasteiger partial charge in [0, 0.05) is 13.2 Å². The third kappa shape index (κ3) is 8.21. The molecule has 1 aromatic rings. The number of methoxy groups -OCH3 is 1. The van der Waals surface area contributed by atoms with E-state index in [1.807, 2.05) is 20.8 Å². The average Bonchev–Trinajstić information content (AvgIpc) is 2.48. The van der Waals surface area contributed by atoms with Crippen molar-refractivity contribution in [3.05, 3.63) is 29.3 Å². The number of ether oxygens (including phenoxy) is 2. The first-order valence-corrected chi connectivity index (χ1v) is 7.99. The van der Waals surface area contributed by atoms with E-state index < -0.39 is 0 Å². The van der Waals surface area contributed by atoms with Gasteiger partial charge in [0.05, 0.1) is 7.11 Å². The molecule has 20 heavy (non-hydrogen) atoms. The molecule has 0 radical (unpaired) electrons. The molecule has 0 unspecified atom stereocenters. The highest BCUT2D eigenvalue weighted by molar-refractivity contribution is 5.36. The molecule has 0 amide bonds. The van der Waals surface area contributed by atoms with Crippen LogP contribution in [0.5, 0.6) is 5.75 Å². The Hall–Kier alpha value is -1.02. The Morgan fingerprint density at radius 3 is 2.35 bits per heavy atom. The predicted octanol–water partition coefficient (Wildman–Crippen LogP) is 5.17. The van der Waals surface area contributed by atoms with E-state index in [0.717, 1.165) is 25.4 Å². The molecule has 0 aliphatic carbocycles. The summed E-state index contributed by atoms with van der Waals surface area (Å²) in [6.07, 6.45) is 6.04. The van der Waals surface area contributed by atoms with E-state index in [9.17, 15) is 0 Å². The second kappa shape index (κ2) is 13.0. The van der Waals surface area contributed by atoms with Crippen LogP contribution in [0.1, 0.15) is 57.6 Å². The van der Waals surface area contributed by atoms with E-state index in [2.05, 4.69) is 25.1 Å². The fourth-order valence-electron chi connectivity index (χ4n) is 2.12. The SMILES string of the molecule is CC.CCOCCCCCCc1cc(C)ccc1OC. The van der Waals surface area contributed by atoms with Crippen molar-refractivity contribution in [3.8, 4) is 5.75 Å². The summed E-state index contributed by atoms with van der Waals surface area (Å²) < 4.78 is 10.7. The van der Waals surface area contributed by atoms with Gasteiger partial charge in [-0.05, 0) is 44.7 Å². The molecule has 0 aliphatic rings. The Balaban J connectivity index is 0.00000172. The number of aryl methyl sites for hydroxylation is 2. The zero-order chi connectivity index (χ0) is 15.2. The predicted molar refractivity (Wildman–Crippen MR) is 87.7 cm³/mol. The maximum absolute atomic E-state index is 5.39. The lowest BCUT2D eigenvalue weighted by Crippen LogP contribution is -1.95. The third-order valence-electron chi connectivity index (χ3n) is 3.12. The normalized spacial score (nSPS) is 9.85. The summed E-state index contributed by atoms with van der Waals surface area (Å²) in [5.74, 6) is 1.02. The van der Waals surface area contributed by atoms with Crippen molar-refractivity contribution in [2.45, 2.75) is 59.8 Å². The minimum absolute atomic E-state index is 0.834. The Morgan fingerprint density at radius 2 is 1.70 bits per heavy atom. The topological polar surface area (TPSA) is 18.5 Å². The fraction of sp³-hybridized carbons (Fsp3) is 0.667. The Bertz CT molecular complexity index is 334. The van der Waals surface area contributed by atoms with E-state index in [0.29, 0.717) is 0 Å². The molecule has 0 fully saturated rings. The zero-order valence-corrected chi connectivity index (χ0v) is 14.0. The fourth-order valence-corrected chi connectivity index (χ4v) is 2.12. The number of hydrogen-bond acceptors (Lipinski definition) is 2. The highest BCUT2D eigenvalue weighted by Gasteiger charge is 2.02. The van der Waals surface area contributed by atoms with Gasteiger partial charge >= 0.3 is 0 Å². The van der Waals surface area contributed by atoms with Crippen LogP contribution in [-0.2, 0) is 11.2 Å². The summed E-state index contributed by atoms with van der Waals surface area (Å²) in [6, 6.07) is 6.41. The van der Waals surface area contributed by atoms with Crippen molar-refractivity contribution in [1.82, 2.24) is 0 Å². The van der Waals surface area contributed by atoms with Crippen molar-refractivity contribution in [2.24, 2.45) is 0 Å². The minimum Gasteiger partial charge on any atom is -0.496 e. The van der Waals surface area contributed by atoms with Crippen molar-refractivity contribution in [3.63, 3.8) is 0 Å². The van der Waals surface area contributed by atoms with E-state index in [4.69, 9.17) is 9.47 Å². The Morgan fingerprint density at radius 1 is 1.00 bits per heavy atom. The third-order valence-corrected chi connectivity index (χ3v) is 3.12. The summed E-state index contributed by atoms with van der Waals surface area (Å²) in [5.41, 5.74) is 2.64. The van der Waals surface area contributed by atoms with Crippen LogP contribution < -0.4 is 4.74 Å². The molecule has 0 atom stereocenters. The van der Waals surface area contributed by atoms with Crippen LogP contribution in [-0.4, -0.2) is 20.3 Å². The van der Waals surface area contributed by atoms with Crippen LogP contribution in [0.3, 0.4) is 0 Å². The highest BCUT2D eigenvalue weighted by atomic mass is 16.5. The first-order chi connectivity index (χ1) is 9.77. The maximum Gasteiger partial charge on any atom is 0.122 e. The van der Waals surface area contributed by atoms with Gasteiger partial charge in [0.25, 0.3) is 0 Å². The largest absolute Gasteiger partial charge is 0.496 e. The summed E-state index contributed by atoms with van der Waals surface area (Å²) in [7, 11) is 1.75. The number of benzene rings is 1. The summed E-state index contributed by atoms with van der Waals surface area (Å²) >= 11 is 0. The van der Waals surface area contributed by atoms with E-state index >= 15 is 0 Å². The molecule has 0 saturated carbocycles. The van der Waals surface area contributed by atoms with E-state index in [1.165, 1.54) is 36.8 Å². The van der Waals surface area contributed by atoms with Crippen molar-refractivity contribution in [1.29, 1.82) is 0 Å². The molecule has 0 bridgehead atoms. The Kier molecular flexibility index (Phi) is 12.3. The van der Waals surface area contributed by atoms with Gasteiger partial charge in [-0.2, -0.15) is 0 Å². The van der Waals surface area contributed by atoms with Gasteiger partial charge in [0.15, 0.2) is 0 Å². The maximum atomic E-state index is 5.39. The monoisotopic (exact) mass is 280 g/mol. The molecule has 0 N–H and O–H groups in total. The second-order valence-electron chi connectivity index (χ2n) is 4.68. The zero-order valence-electron chi connectivity index (χ0n) is 14.0. The molecule has 2 heteroatoms. The van der Waals surface area contributed by atoms with Gasteiger partial charge in [-0.15, -0.1) is 0 Å². The van der Waals surface area contributed by atoms with Crippen LogP contribution in [0.4, 0.5) is 0 Å². The molecular formula is C18H32O2. The van der Waals surface area contributed by atoms with Crippen LogP contribution in [0.15, 0.2) is 18.2 Å². The second-order valence-corrected chi connectivity index (χ2v) is 4.68. The minimum atomic E-state index is 0.834. The molecular weight excluding hydrogens is 248 g/mol. The molecule has 2 nitrogen and oxygen atoms in total. The van der Waals surface area contributed by atoms with Gasteiger partial charge in [0.2, 0.25) is 0 Å². The van der Waals surface area contributed by atoms with Gasteiger partial charge in [-0.25, -0.2) is 0 Å². The lowest BCUT2D eigenvalue weighted by molar-refractivity contribution is 0.143. The number of rotatable bonds is 9. The summed E-state index contributed by atoms with van der Waals surface area (Å²) in [5, 5.41) is 0. The van der Waals surface area contributed by atoms with E-state index in [1.54, 1.807) is 7.11 Å². The average molecular weight is 280 g/mol. The van der Waals surface area contributed by atoms with Crippen LogP contribution in [0.2, 0.25) is 0 Å². The van der Waals surface area contributed by atoms with Crippen molar-refractivity contribution in [2.75, 3.05) is 20.3 Å². The molecule has 116 valence electrons. The summed E-state index contributed by atoms with van der Waals surface area (Å²) in [6.45, 7) is 9.92. The smallest absolute Gasteiger partial charge is 0.122 e. The lowest BCUT2D eigenvalue weighted by Gasteiger charge is -2.09. The van der Waals surface area contributed by atoms with Crippen LogP contribution >= 0.6 is 0 Å². The highest BCUT2D eigenvalue weighted by Crippen LogP contribution is 2.21. The molecule has 0 aliphatic heterocycles. The van der Waals surface area contributed by atoms with Crippen LogP contribution in [0.25, 0.3) is 0 Å². The molecule has 0 saturated heterocycles.